The molecule has 27 heavy (non-hydrogen) atoms. The molecule has 1 aromatic carbocycles. The second kappa shape index (κ2) is 9.66. The SMILES string of the molecule is CCOC(=O)/C(=C\c1cccc(Cl)c1Cl)C(=O)COCC1COC(C)(C)O1. The molecule has 0 saturated carbocycles. The van der Waals surface area contributed by atoms with Crippen LogP contribution in [0.25, 0.3) is 6.08 Å². The van der Waals surface area contributed by atoms with E-state index in [-0.39, 0.29) is 36.5 Å². The van der Waals surface area contributed by atoms with E-state index >= 15 is 0 Å². The summed E-state index contributed by atoms with van der Waals surface area (Å²) in [5.74, 6) is -1.94. The first-order chi connectivity index (χ1) is 12.7. The van der Waals surface area contributed by atoms with Crippen LogP contribution < -0.4 is 0 Å². The predicted molar refractivity (Wildman–Crippen MR) is 102 cm³/mol. The van der Waals surface area contributed by atoms with Crippen LogP contribution in [0.1, 0.15) is 26.3 Å². The summed E-state index contributed by atoms with van der Waals surface area (Å²) in [5, 5.41) is 0.562. The molecule has 0 aromatic heterocycles. The second-order valence-corrected chi connectivity index (χ2v) is 7.10. The molecule has 0 radical (unpaired) electrons. The van der Waals surface area contributed by atoms with Gasteiger partial charge in [0, 0.05) is 0 Å². The third-order valence-corrected chi connectivity index (χ3v) is 4.51. The Bertz CT molecular complexity index is 729. The minimum atomic E-state index is -0.747. The number of esters is 1. The van der Waals surface area contributed by atoms with Crippen LogP contribution in [0.3, 0.4) is 0 Å². The number of ketones is 1. The summed E-state index contributed by atoms with van der Waals surface area (Å²) in [6, 6.07) is 4.93. The Morgan fingerprint density at radius 3 is 2.70 bits per heavy atom. The highest BCUT2D eigenvalue weighted by Gasteiger charge is 2.33. The molecule has 1 aliphatic heterocycles. The quantitative estimate of drug-likeness (QED) is 0.278. The minimum Gasteiger partial charge on any atom is -0.462 e. The standard InChI is InChI=1S/C19H22Cl2O6/c1-4-25-18(23)14(8-12-6-5-7-15(20)17(12)21)16(22)11-24-9-13-10-26-19(2,3)27-13/h5-8,13H,4,9-11H2,1-3H3/b14-8-. The lowest BCUT2D eigenvalue weighted by molar-refractivity contribution is -0.146. The number of carbonyl (C=O) groups excluding carboxylic acids is 2. The molecular formula is C19H22Cl2O6. The lowest BCUT2D eigenvalue weighted by Crippen LogP contribution is -2.26. The lowest BCUT2D eigenvalue weighted by atomic mass is 10.1. The van der Waals surface area contributed by atoms with Gasteiger partial charge in [-0.3, -0.25) is 4.79 Å². The van der Waals surface area contributed by atoms with E-state index in [1.807, 2.05) is 0 Å². The van der Waals surface area contributed by atoms with Gasteiger partial charge in [-0.1, -0.05) is 35.3 Å². The molecule has 1 atom stereocenters. The van der Waals surface area contributed by atoms with Crippen molar-refractivity contribution < 1.29 is 28.5 Å². The molecule has 0 spiro atoms. The molecule has 1 fully saturated rings. The van der Waals surface area contributed by atoms with E-state index in [0.29, 0.717) is 17.2 Å². The second-order valence-electron chi connectivity index (χ2n) is 6.31. The Hall–Kier alpha value is -1.44. The first kappa shape index (κ1) is 21.9. The number of hydrogen-bond donors (Lipinski definition) is 0. The van der Waals surface area contributed by atoms with Crippen LogP contribution in [0.5, 0.6) is 0 Å². The average Bonchev–Trinajstić information content (AvgIpc) is 2.95. The summed E-state index contributed by atoms with van der Waals surface area (Å²) in [4.78, 5) is 24.7. The third-order valence-electron chi connectivity index (χ3n) is 3.68. The average molecular weight is 417 g/mol. The van der Waals surface area contributed by atoms with Gasteiger partial charge >= 0.3 is 5.97 Å². The van der Waals surface area contributed by atoms with Gasteiger partial charge in [-0.05, 0) is 38.5 Å². The molecule has 0 aliphatic carbocycles. The zero-order chi connectivity index (χ0) is 20.0. The monoisotopic (exact) mass is 416 g/mol. The molecular weight excluding hydrogens is 395 g/mol. The first-order valence-electron chi connectivity index (χ1n) is 8.49. The molecule has 1 aromatic rings. The Kier molecular flexibility index (Phi) is 7.82. The number of rotatable bonds is 8. The zero-order valence-corrected chi connectivity index (χ0v) is 16.9. The number of ether oxygens (including phenoxy) is 4. The van der Waals surface area contributed by atoms with Gasteiger partial charge in [0.15, 0.2) is 11.6 Å². The normalized spacial score (nSPS) is 19.1. The van der Waals surface area contributed by atoms with Crippen LogP contribution in [0.4, 0.5) is 0 Å². The lowest BCUT2D eigenvalue weighted by Gasteiger charge is -2.17. The van der Waals surface area contributed by atoms with Crippen LogP contribution in [0.2, 0.25) is 10.0 Å². The Balaban J connectivity index is 2.07. The molecule has 1 unspecified atom stereocenters. The van der Waals surface area contributed by atoms with Crippen LogP contribution in [-0.4, -0.2) is 50.1 Å². The Morgan fingerprint density at radius 2 is 2.07 bits per heavy atom. The van der Waals surface area contributed by atoms with E-state index in [1.54, 1.807) is 39.0 Å². The van der Waals surface area contributed by atoms with Crippen LogP contribution in [0, 0.1) is 0 Å². The van der Waals surface area contributed by atoms with E-state index < -0.39 is 17.5 Å². The number of carbonyl (C=O) groups is 2. The summed E-state index contributed by atoms with van der Waals surface area (Å²) in [6.45, 7) is 5.63. The number of halogens is 2. The van der Waals surface area contributed by atoms with Gasteiger partial charge in [0.05, 0.1) is 29.9 Å². The van der Waals surface area contributed by atoms with Crippen LogP contribution in [-0.2, 0) is 28.5 Å². The summed E-state index contributed by atoms with van der Waals surface area (Å²) in [7, 11) is 0. The fourth-order valence-electron chi connectivity index (χ4n) is 2.46. The highest BCUT2D eigenvalue weighted by molar-refractivity contribution is 6.43. The van der Waals surface area contributed by atoms with E-state index in [4.69, 9.17) is 42.1 Å². The largest absolute Gasteiger partial charge is 0.462 e. The van der Waals surface area contributed by atoms with Gasteiger partial charge in [0.1, 0.15) is 18.3 Å². The molecule has 2 rings (SSSR count). The van der Waals surface area contributed by atoms with Crippen molar-refractivity contribution >= 4 is 41.0 Å². The smallest absolute Gasteiger partial charge is 0.341 e. The molecule has 148 valence electrons. The van der Waals surface area contributed by atoms with Gasteiger partial charge < -0.3 is 18.9 Å². The zero-order valence-electron chi connectivity index (χ0n) is 15.4. The fraction of sp³-hybridized carbons (Fsp3) is 0.474. The molecule has 1 saturated heterocycles. The summed E-state index contributed by atoms with van der Waals surface area (Å²) < 4.78 is 21.4. The maximum absolute atomic E-state index is 12.5. The Morgan fingerprint density at radius 1 is 1.33 bits per heavy atom. The van der Waals surface area contributed by atoms with Gasteiger partial charge in [0.25, 0.3) is 0 Å². The molecule has 0 bridgehead atoms. The van der Waals surface area contributed by atoms with Gasteiger partial charge in [-0.15, -0.1) is 0 Å². The Labute approximate surface area is 168 Å². The van der Waals surface area contributed by atoms with Crippen molar-refractivity contribution in [3.63, 3.8) is 0 Å². The maximum atomic E-state index is 12.5. The number of Topliss-reactive ketones (excluding diaryl/α,β-unsaturated/α-hetero) is 1. The topological polar surface area (TPSA) is 71.1 Å². The number of hydrogen-bond acceptors (Lipinski definition) is 6. The van der Waals surface area contributed by atoms with Crippen molar-refractivity contribution in [2.45, 2.75) is 32.7 Å². The molecule has 6 nitrogen and oxygen atoms in total. The van der Waals surface area contributed by atoms with Crippen molar-refractivity contribution in [2.75, 3.05) is 26.4 Å². The summed E-state index contributed by atoms with van der Waals surface area (Å²) >= 11 is 12.1. The maximum Gasteiger partial charge on any atom is 0.341 e. The van der Waals surface area contributed by atoms with Crippen molar-refractivity contribution in [3.8, 4) is 0 Å². The van der Waals surface area contributed by atoms with Gasteiger partial charge in [0.2, 0.25) is 0 Å². The van der Waals surface area contributed by atoms with E-state index in [2.05, 4.69) is 0 Å². The van der Waals surface area contributed by atoms with Crippen LogP contribution in [0.15, 0.2) is 23.8 Å². The summed E-state index contributed by atoms with van der Waals surface area (Å²) in [6.07, 6.45) is 1.08. The van der Waals surface area contributed by atoms with E-state index in [0.717, 1.165) is 0 Å². The molecule has 1 heterocycles. The van der Waals surface area contributed by atoms with E-state index in [1.165, 1.54) is 6.08 Å². The molecule has 8 heteroatoms. The van der Waals surface area contributed by atoms with Crippen molar-refractivity contribution in [3.05, 3.63) is 39.4 Å². The molecule has 0 amide bonds. The molecule has 0 N–H and O–H groups in total. The van der Waals surface area contributed by atoms with Crippen molar-refractivity contribution in [1.82, 2.24) is 0 Å². The summed E-state index contributed by atoms with van der Waals surface area (Å²) in [5.41, 5.74) is 0.278. The predicted octanol–water partition coefficient (Wildman–Crippen LogP) is 3.68. The van der Waals surface area contributed by atoms with Gasteiger partial charge in [-0.25, -0.2) is 4.79 Å². The first-order valence-corrected chi connectivity index (χ1v) is 9.24. The van der Waals surface area contributed by atoms with Crippen molar-refractivity contribution in [1.29, 1.82) is 0 Å². The fourth-order valence-corrected chi connectivity index (χ4v) is 2.82. The molecule has 1 aliphatic rings. The van der Waals surface area contributed by atoms with Gasteiger partial charge in [-0.2, -0.15) is 0 Å². The third kappa shape index (κ3) is 6.30. The highest BCUT2D eigenvalue weighted by Crippen LogP contribution is 2.27. The highest BCUT2D eigenvalue weighted by atomic mass is 35.5. The minimum absolute atomic E-state index is 0.135. The van der Waals surface area contributed by atoms with Crippen molar-refractivity contribution in [2.24, 2.45) is 0 Å². The number of benzene rings is 1. The van der Waals surface area contributed by atoms with E-state index in [9.17, 15) is 9.59 Å². The van der Waals surface area contributed by atoms with Crippen LogP contribution >= 0.6 is 23.2 Å².